The second-order valence-corrected chi connectivity index (χ2v) is 4.17. The molecule has 86 valence electrons. The lowest BCUT2D eigenvalue weighted by Gasteiger charge is -2.19. The molecule has 0 amide bonds. The molecule has 2 nitrogen and oxygen atoms in total. The Bertz CT molecular complexity index is 203. The highest BCUT2D eigenvalue weighted by atomic mass is 16.5. The summed E-state index contributed by atoms with van der Waals surface area (Å²) in [4.78, 5) is 11.6. The second-order valence-electron chi connectivity index (χ2n) is 4.17. The van der Waals surface area contributed by atoms with E-state index in [9.17, 15) is 4.79 Å². The zero-order valence-electron chi connectivity index (χ0n) is 9.71. The first-order valence-electron chi connectivity index (χ1n) is 6.16. The van der Waals surface area contributed by atoms with E-state index < -0.39 is 0 Å². The van der Waals surface area contributed by atoms with E-state index in [1.54, 1.807) is 0 Å². The summed E-state index contributed by atoms with van der Waals surface area (Å²) in [7, 11) is 0. The largest absolute Gasteiger partial charge is 0.465 e. The Morgan fingerprint density at radius 3 is 2.67 bits per heavy atom. The highest BCUT2D eigenvalue weighted by molar-refractivity contribution is 5.72. The van der Waals surface area contributed by atoms with E-state index in [0.717, 1.165) is 25.7 Å². The molecular weight excluding hydrogens is 188 g/mol. The van der Waals surface area contributed by atoms with Crippen LogP contribution in [0.25, 0.3) is 0 Å². The van der Waals surface area contributed by atoms with E-state index in [-0.39, 0.29) is 11.9 Å². The molecule has 0 unspecified atom stereocenters. The van der Waals surface area contributed by atoms with Gasteiger partial charge in [0.2, 0.25) is 0 Å². The van der Waals surface area contributed by atoms with Gasteiger partial charge in [-0.05, 0) is 25.7 Å². The summed E-state index contributed by atoms with van der Waals surface area (Å²) in [5.74, 6) is 0.216. The summed E-state index contributed by atoms with van der Waals surface area (Å²) in [6.07, 6.45) is 11.8. The molecule has 0 aromatic carbocycles. The summed E-state index contributed by atoms with van der Waals surface area (Å²) in [6.45, 7) is 2.65. The topological polar surface area (TPSA) is 26.3 Å². The molecule has 1 aliphatic carbocycles. The van der Waals surface area contributed by atoms with Crippen molar-refractivity contribution in [3.63, 3.8) is 0 Å². The van der Waals surface area contributed by atoms with Gasteiger partial charge in [0, 0.05) is 0 Å². The third-order valence-corrected chi connectivity index (χ3v) is 2.87. The van der Waals surface area contributed by atoms with Crippen LogP contribution in [0.5, 0.6) is 0 Å². The van der Waals surface area contributed by atoms with Crippen LogP contribution in [-0.4, -0.2) is 12.6 Å². The summed E-state index contributed by atoms with van der Waals surface area (Å²) in [6, 6.07) is 0. The summed E-state index contributed by atoms with van der Waals surface area (Å²) >= 11 is 0. The fourth-order valence-electron chi connectivity index (χ4n) is 1.97. The number of rotatable bonds is 5. The number of allylic oxidation sites excluding steroid dienone is 1. The fourth-order valence-corrected chi connectivity index (χ4v) is 1.97. The van der Waals surface area contributed by atoms with Crippen LogP contribution in [0.1, 0.15) is 51.9 Å². The Kier molecular flexibility index (Phi) is 6.14. The standard InChI is InChI=1S/C13H22O2/c1-2-3-4-8-11-15-13(14)12-9-6-5-7-10-12/h3-4,12H,2,5-11H2,1H3. The van der Waals surface area contributed by atoms with Crippen LogP contribution < -0.4 is 0 Å². The Balaban J connectivity index is 2.09. The molecular formula is C13H22O2. The zero-order chi connectivity index (χ0) is 10.9. The van der Waals surface area contributed by atoms with E-state index in [2.05, 4.69) is 19.1 Å². The second kappa shape index (κ2) is 7.49. The van der Waals surface area contributed by atoms with Crippen LogP contribution in [0.2, 0.25) is 0 Å². The molecule has 0 N–H and O–H groups in total. The van der Waals surface area contributed by atoms with Crippen molar-refractivity contribution in [1.29, 1.82) is 0 Å². The molecule has 0 aliphatic heterocycles. The third-order valence-electron chi connectivity index (χ3n) is 2.87. The Morgan fingerprint density at radius 1 is 1.27 bits per heavy atom. The highest BCUT2D eigenvalue weighted by Crippen LogP contribution is 2.24. The Morgan fingerprint density at radius 2 is 2.00 bits per heavy atom. The highest BCUT2D eigenvalue weighted by Gasteiger charge is 2.21. The van der Waals surface area contributed by atoms with Gasteiger partial charge in [0.1, 0.15) is 0 Å². The zero-order valence-corrected chi connectivity index (χ0v) is 9.71. The van der Waals surface area contributed by atoms with Gasteiger partial charge in [-0.15, -0.1) is 0 Å². The fraction of sp³-hybridized carbons (Fsp3) is 0.769. The monoisotopic (exact) mass is 210 g/mol. The van der Waals surface area contributed by atoms with Crippen molar-refractivity contribution >= 4 is 5.97 Å². The quantitative estimate of drug-likeness (QED) is 0.394. The Labute approximate surface area is 92.7 Å². The van der Waals surface area contributed by atoms with Crippen molar-refractivity contribution in [1.82, 2.24) is 0 Å². The minimum atomic E-state index is 0.0274. The first kappa shape index (κ1) is 12.3. The predicted octanol–water partition coefficient (Wildman–Crippen LogP) is 3.47. The molecule has 0 aromatic rings. The average Bonchev–Trinajstić information content (AvgIpc) is 2.30. The van der Waals surface area contributed by atoms with Gasteiger partial charge in [-0.1, -0.05) is 38.3 Å². The SMILES string of the molecule is CCC=CCCOC(=O)C1CCCCC1. The van der Waals surface area contributed by atoms with Crippen LogP contribution >= 0.6 is 0 Å². The van der Waals surface area contributed by atoms with Gasteiger partial charge in [0.25, 0.3) is 0 Å². The minimum absolute atomic E-state index is 0.0274. The minimum Gasteiger partial charge on any atom is -0.465 e. The Hall–Kier alpha value is -0.790. The number of carbonyl (C=O) groups excluding carboxylic acids is 1. The van der Waals surface area contributed by atoms with Crippen LogP contribution in [-0.2, 0) is 9.53 Å². The maximum atomic E-state index is 11.6. The summed E-state index contributed by atoms with van der Waals surface area (Å²) < 4.78 is 5.24. The molecule has 0 radical (unpaired) electrons. The van der Waals surface area contributed by atoms with Crippen molar-refractivity contribution in [3.8, 4) is 0 Å². The first-order chi connectivity index (χ1) is 7.34. The maximum absolute atomic E-state index is 11.6. The molecule has 1 saturated carbocycles. The maximum Gasteiger partial charge on any atom is 0.308 e. The number of hydrogen-bond donors (Lipinski definition) is 0. The number of esters is 1. The van der Waals surface area contributed by atoms with Gasteiger partial charge in [0.05, 0.1) is 12.5 Å². The van der Waals surface area contributed by atoms with Crippen LogP contribution in [0.4, 0.5) is 0 Å². The summed E-state index contributed by atoms with van der Waals surface area (Å²) in [5.41, 5.74) is 0. The average molecular weight is 210 g/mol. The van der Waals surface area contributed by atoms with Gasteiger partial charge >= 0.3 is 5.97 Å². The lowest BCUT2D eigenvalue weighted by molar-refractivity contribution is -0.149. The van der Waals surface area contributed by atoms with Crippen LogP contribution in [0.15, 0.2) is 12.2 Å². The van der Waals surface area contributed by atoms with Gasteiger partial charge in [0.15, 0.2) is 0 Å². The lowest BCUT2D eigenvalue weighted by atomic mass is 9.89. The van der Waals surface area contributed by atoms with Gasteiger partial charge < -0.3 is 4.74 Å². The van der Waals surface area contributed by atoms with Gasteiger partial charge in [-0.2, -0.15) is 0 Å². The van der Waals surface area contributed by atoms with E-state index in [1.165, 1.54) is 19.3 Å². The molecule has 0 saturated heterocycles. The van der Waals surface area contributed by atoms with E-state index >= 15 is 0 Å². The molecule has 1 rings (SSSR count). The van der Waals surface area contributed by atoms with Gasteiger partial charge in [-0.3, -0.25) is 4.79 Å². The smallest absolute Gasteiger partial charge is 0.308 e. The normalized spacial score (nSPS) is 18.2. The molecule has 1 fully saturated rings. The predicted molar refractivity (Wildman–Crippen MR) is 61.6 cm³/mol. The molecule has 0 aromatic heterocycles. The van der Waals surface area contributed by atoms with E-state index in [0.29, 0.717) is 6.61 Å². The van der Waals surface area contributed by atoms with Gasteiger partial charge in [-0.25, -0.2) is 0 Å². The van der Waals surface area contributed by atoms with Crippen molar-refractivity contribution < 1.29 is 9.53 Å². The van der Waals surface area contributed by atoms with Crippen LogP contribution in [0, 0.1) is 5.92 Å². The summed E-state index contributed by atoms with van der Waals surface area (Å²) in [5, 5.41) is 0. The van der Waals surface area contributed by atoms with Crippen molar-refractivity contribution in [2.24, 2.45) is 5.92 Å². The number of hydrogen-bond acceptors (Lipinski definition) is 2. The van der Waals surface area contributed by atoms with Crippen molar-refractivity contribution in [2.45, 2.75) is 51.9 Å². The van der Waals surface area contributed by atoms with Crippen molar-refractivity contribution in [2.75, 3.05) is 6.61 Å². The number of carbonyl (C=O) groups is 1. The lowest BCUT2D eigenvalue weighted by Crippen LogP contribution is -2.20. The van der Waals surface area contributed by atoms with E-state index in [1.807, 2.05) is 0 Å². The molecule has 0 atom stereocenters. The molecule has 0 heterocycles. The molecule has 2 heteroatoms. The van der Waals surface area contributed by atoms with Crippen LogP contribution in [0.3, 0.4) is 0 Å². The van der Waals surface area contributed by atoms with E-state index in [4.69, 9.17) is 4.74 Å². The molecule has 15 heavy (non-hydrogen) atoms. The molecule has 1 aliphatic rings. The molecule has 0 bridgehead atoms. The number of ether oxygens (including phenoxy) is 1. The third kappa shape index (κ3) is 5.01. The molecule has 0 spiro atoms. The first-order valence-corrected chi connectivity index (χ1v) is 6.16. The van der Waals surface area contributed by atoms with Crippen molar-refractivity contribution in [3.05, 3.63) is 12.2 Å².